The van der Waals surface area contributed by atoms with Crippen LogP contribution < -0.4 is 0 Å². The summed E-state index contributed by atoms with van der Waals surface area (Å²) in [6, 6.07) is 1.95. The maximum absolute atomic E-state index is 11.6. The van der Waals surface area contributed by atoms with E-state index in [1.165, 1.54) is 4.90 Å². The van der Waals surface area contributed by atoms with Gasteiger partial charge in [0, 0.05) is 19.8 Å². The van der Waals surface area contributed by atoms with Crippen molar-refractivity contribution in [3.05, 3.63) is 17.5 Å². The molecule has 6 heteroatoms. The Kier molecular flexibility index (Phi) is 5.09. The number of aryl methyl sites for hydroxylation is 3. The molecule has 1 atom stereocenters. The minimum Gasteiger partial charge on any atom is -0.452 e. The largest absolute Gasteiger partial charge is 0.452 e. The van der Waals surface area contributed by atoms with Crippen molar-refractivity contribution >= 4 is 11.9 Å². The van der Waals surface area contributed by atoms with Crippen LogP contribution in [-0.4, -0.2) is 46.8 Å². The lowest BCUT2D eigenvalue weighted by atomic mass is 10.3. The predicted octanol–water partition coefficient (Wildman–Crippen LogP) is 0.910. The van der Waals surface area contributed by atoms with Gasteiger partial charge in [0.2, 0.25) is 0 Å². The fraction of sp³-hybridized carbons (Fsp3) is 0.615. The second kappa shape index (κ2) is 6.36. The number of carbonyl (C=O) groups is 2. The summed E-state index contributed by atoms with van der Waals surface area (Å²) in [4.78, 5) is 24.6. The van der Waals surface area contributed by atoms with Crippen molar-refractivity contribution < 1.29 is 14.3 Å². The molecule has 19 heavy (non-hydrogen) atoms. The molecular weight excluding hydrogens is 246 g/mol. The van der Waals surface area contributed by atoms with Gasteiger partial charge < -0.3 is 9.64 Å². The maximum Gasteiger partial charge on any atom is 0.308 e. The number of likely N-dealkylation sites (N-methyl/N-ethyl adjacent to an activating group) is 1. The number of ether oxygens (including phenoxy) is 1. The normalized spacial score (nSPS) is 12.1. The molecule has 0 aliphatic heterocycles. The SMILES string of the molecule is Cc1cc(C)n(CCC(=O)OC(C)C(=O)N(C)C)n1. The summed E-state index contributed by atoms with van der Waals surface area (Å²) < 4.78 is 6.83. The number of aromatic nitrogens is 2. The number of hydrogen-bond acceptors (Lipinski definition) is 4. The summed E-state index contributed by atoms with van der Waals surface area (Å²) in [5, 5.41) is 4.26. The quantitative estimate of drug-likeness (QED) is 0.744. The van der Waals surface area contributed by atoms with Gasteiger partial charge in [0.05, 0.1) is 18.7 Å². The third-order valence-corrected chi connectivity index (χ3v) is 2.73. The Hall–Kier alpha value is -1.85. The summed E-state index contributed by atoms with van der Waals surface area (Å²) in [5.41, 5.74) is 1.92. The van der Waals surface area contributed by atoms with Crippen molar-refractivity contribution in [3.8, 4) is 0 Å². The summed E-state index contributed by atoms with van der Waals surface area (Å²) in [6.45, 7) is 5.87. The highest BCUT2D eigenvalue weighted by Gasteiger charge is 2.19. The smallest absolute Gasteiger partial charge is 0.308 e. The number of amides is 1. The highest BCUT2D eigenvalue weighted by atomic mass is 16.5. The summed E-state index contributed by atoms with van der Waals surface area (Å²) >= 11 is 0. The van der Waals surface area contributed by atoms with Crippen molar-refractivity contribution in [3.63, 3.8) is 0 Å². The Morgan fingerprint density at radius 1 is 1.42 bits per heavy atom. The van der Waals surface area contributed by atoms with Gasteiger partial charge in [-0.15, -0.1) is 0 Å². The molecule has 0 fully saturated rings. The molecule has 1 aromatic heterocycles. The molecular formula is C13H21N3O3. The monoisotopic (exact) mass is 267 g/mol. The first-order valence-electron chi connectivity index (χ1n) is 6.23. The Morgan fingerprint density at radius 3 is 2.53 bits per heavy atom. The van der Waals surface area contributed by atoms with Gasteiger partial charge in [-0.05, 0) is 26.8 Å². The van der Waals surface area contributed by atoms with Crippen LogP contribution in [0.3, 0.4) is 0 Å². The Balaban J connectivity index is 2.44. The standard InChI is InChI=1S/C13H21N3O3/c1-9-8-10(2)16(14-9)7-6-12(17)19-11(3)13(18)15(4)5/h8,11H,6-7H2,1-5H3. The van der Waals surface area contributed by atoms with E-state index in [-0.39, 0.29) is 12.3 Å². The molecule has 1 rings (SSSR count). The van der Waals surface area contributed by atoms with Gasteiger partial charge in [-0.25, -0.2) is 0 Å². The highest BCUT2D eigenvalue weighted by Crippen LogP contribution is 2.04. The second-order valence-corrected chi connectivity index (χ2v) is 4.76. The lowest BCUT2D eigenvalue weighted by molar-refractivity contribution is -0.158. The zero-order chi connectivity index (χ0) is 14.6. The van der Waals surface area contributed by atoms with Crippen molar-refractivity contribution in [1.29, 1.82) is 0 Å². The van der Waals surface area contributed by atoms with Crippen molar-refractivity contribution in [1.82, 2.24) is 14.7 Å². The van der Waals surface area contributed by atoms with Gasteiger partial charge in [0.25, 0.3) is 5.91 Å². The second-order valence-electron chi connectivity index (χ2n) is 4.76. The summed E-state index contributed by atoms with van der Waals surface area (Å²) in [5.74, 6) is -0.616. The lowest BCUT2D eigenvalue weighted by Gasteiger charge is -2.17. The van der Waals surface area contributed by atoms with E-state index >= 15 is 0 Å². The molecule has 1 aromatic rings. The van der Waals surface area contributed by atoms with E-state index in [0.717, 1.165) is 11.4 Å². The minimum absolute atomic E-state index is 0.201. The van der Waals surface area contributed by atoms with Crippen LogP contribution in [0.4, 0.5) is 0 Å². The van der Waals surface area contributed by atoms with E-state index < -0.39 is 12.1 Å². The number of hydrogen-bond donors (Lipinski definition) is 0. The molecule has 0 saturated heterocycles. The van der Waals surface area contributed by atoms with Crippen LogP contribution in [0, 0.1) is 13.8 Å². The zero-order valence-electron chi connectivity index (χ0n) is 12.1. The molecule has 1 heterocycles. The molecule has 0 aromatic carbocycles. The van der Waals surface area contributed by atoms with Crippen LogP contribution in [0.15, 0.2) is 6.07 Å². The Morgan fingerprint density at radius 2 is 2.05 bits per heavy atom. The zero-order valence-corrected chi connectivity index (χ0v) is 12.1. The maximum atomic E-state index is 11.6. The van der Waals surface area contributed by atoms with Crippen LogP contribution in [0.2, 0.25) is 0 Å². The molecule has 0 aliphatic carbocycles. The number of nitrogens with zero attached hydrogens (tertiary/aromatic N) is 3. The van der Waals surface area contributed by atoms with Crippen LogP contribution in [0.25, 0.3) is 0 Å². The van der Waals surface area contributed by atoms with Gasteiger partial charge in [-0.3, -0.25) is 14.3 Å². The van der Waals surface area contributed by atoms with Crippen LogP contribution in [0.1, 0.15) is 24.7 Å². The Bertz CT molecular complexity index is 466. The first-order valence-corrected chi connectivity index (χ1v) is 6.23. The van der Waals surface area contributed by atoms with Crippen molar-refractivity contribution in [2.75, 3.05) is 14.1 Å². The van der Waals surface area contributed by atoms with E-state index in [9.17, 15) is 9.59 Å². The van der Waals surface area contributed by atoms with Crippen molar-refractivity contribution in [2.45, 2.75) is 39.8 Å². The number of rotatable bonds is 5. The van der Waals surface area contributed by atoms with E-state index in [4.69, 9.17) is 4.74 Å². The Labute approximate surface area is 113 Å². The lowest BCUT2D eigenvalue weighted by Crippen LogP contribution is -2.35. The third-order valence-electron chi connectivity index (χ3n) is 2.73. The predicted molar refractivity (Wildman–Crippen MR) is 70.6 cm³/mol. The average Bonchev–Trinajstić information content (AvgIpc) is 2.64. The van der Waals surface area contributed by atoms with E-state index in [1.54, 1.807) is 25.7 Å². The van der Waals surface area contributed by atoms with E-state index in [0.29, 0.717) is 6.54 Å². The van der Waals surface area contributed by atoms with Gasteiger partial charge in [-0.1, -0.05) is 0 Å². The average molecular weight is 267 g/mol. The van der Waals surface area contributed by atoms with E-state index in [1.807, 2.05) is 19.9 Å². The molecule has 6 nitrogen and oxygen atoms in total. The first kappa shape index (κ1) is 15.2. The first-order chi connectivity index (χ1) is 8.81. The number of carbonyl (C=O) groups excluding carboxylic acids is 2. The van der Waals surface area contributed by atoms with Crippen LogP contribution in [-0.2, 0) is 20.9 Å². The topological polar surface area (TPSA) is 64.4 Å². The van der Waals surface area contributed by atoms with Gasteiger partial charge in [-0.2, -0.15) is 5.10 Å². The van der Waals surface area contributed by atoms with Crippen LogP contribution >= 0.6 is 0 Å². The van der Waals surface area contributed by atoms with E-state index in [2.05, 4.69) is 5.10 Å². The third kappa shape index (κ3) is 4.39. The van der Waals surface area contributed by atoms with Gasteiger partial charge >= 0.3 is 5.97 Å². The molecule has 0 aliphatic rings. The van der Waals surface area contributed by atoms with Crippen molar-refractivity contribution in [2.24, 2.45) is 0 Å². The minimum atomic E-state index is -0.747. The molecule has 0 spiro atoms. The van der Waals surface area contributed by atoms with Crippen LogP contribution in [0.5, 0.6) is 0 Å². The fourth-order valence-corrected chi connectivity index (χ4v) is 1.77. The number of esters is 1. The molecule has 0 radical (unpaired) electrons. The highest BCUT2D eigenvalue weighted by molar-refractivity contribution is 5.83. The molecule has 0 N–H and O–H groups in total. The summed E-state index contributed by atoms with van der Waals surface area (Å²) in [7, 11) is 3.26. The summed E-state index contributed by atoms with van der Waals surface area (Å²) in [6.07, 6.45) is -0.546. The van der Waals surface area contributed by atoms with Gasteiger partial charge in [0.15, 0.2) is 6.10 Å². The molecule has 0 bridgehead atoms. The van der Waals surface area contributed by atoms with Gasteiger partial charge in [0.1, 0.15) is 0 Å². The molecule has 0 saturated carbocycles. The molecule has 1 unspecified atom stereocenters. The fourth-order valence-electron chi connectivity index (χ4n) is 1.77. The molecule has 1 amide bonds. The molecule has 106 valence electrons.